The first-order chi connectivity index (χ1) is 13.1. The van der Waals surface area contributed by atoms with E-state index in [1.807, 2.05) is 0 Å². The molecule has 10 heteroatoms. The Bertz CT molecular complexity index is 909. The minimum atomic E-state index is -0.523. The number of carbonyl (C=O) groups is 1. The molecule has 27 heavy (non-hydrogen) atoms. The molecule has 1 fully saturated rings. The number of aromatic nitrogens is 4. The van der Waals surface area contributed by atoms with Gasteiger partial charge in [0.15, 0.2) is 0 Å². The van der Waals surface area contributed by atoms with Gasteiger partial charge in [-0.3, -0.25) is 14.6 Å². The van der Waals surface area contributed by atoms with Crippen LogP contribution in [0.15, 0.2) is 34.2 Å². The van der Waals surface area contributed by atoms with Crippen LogP contribution in [0, 0.1) is 0 Å². The van der Waals surface area contributed by atoms with Gasteiger partial charge in [0, 0.05) is 44.2 Å². The third-order valence-electron chi connectivity index (χ3n) is 4.30. The van der Waals surface area contributed by atoms with Crippen LogP contribution >= 0.6 is 0 Å². The lowest BCUT2D eigenvalue weighted by molar-refractivity contribution is -0.134. The molecule has 0 saturated carbocycles. The first-order valence-electron chi connectivity index (χ1n) is 8.66. The summed E-state index contributed by atoms with van der Waals surface area (Å²) in [5.74, 6) is 0.532. The minimum Gasteiger partial charge on any atom is -0.477 e. The fourth-order valence-corrected chi connectivity index (χ4v) is 2.95. The van der Waals surface area contributed by atoms with E-state index in [2.05, 4.69) is 15.0 Å². The second-order valence-corrected chi connectivity index (χ2v) is 6.15. The quantitative estimate of drug-likeness (QED) is 0.742. The predicted molar refractivity (Wildman–Crippen MR) is 94.8 cm³/mol. The van der Waals surface area contributed by atoms with Crippen LogP contribution in [0.1, 0.15) is 19.3 Å². The minimum absolute atomic E-state index is 0.0764. The second kappa shape index (κ2) is 8.47. The zero-order valence-corrected chi connectivity index (χ0v) is 15.0. The summed E-state index contributed by atoms with van der Waals surface area (Å²) in [4.78, 5) is 47.3. The smallest absolute Gasteiger partial charge is 0.328 e. The van der Waals surface area contributed by atoms with Gasteiger partial charge < -0.3 is 18.9 Å². The van der Waals surface area contributed by atoms with Gasteiger partial charge in [0.2, 0.25) is 5.91 Å². The first-order valence-corrected chi connectivity index (χ1v) is 8.66. The fourth-order valence-electron chi connectivity index (χ4n) is 2.95. The Hall–Kier alpha value is -3.17. The Balaban J connectivity index is 1.57. The molecule has 1 saturated heterocycles. The van der Waals surface area contributed by atoms with E-state index in [-0.39, 0.29) is 25.0 Å². The molecule has 0 radical (unpaired) electrons. The normalized spacial score (nSPS) is 16.8. The van der Waals surface area contributed by atoms with E-state index in [9.17, 15) is 14.4 Å². The molecule has 1 unspecified atom stereocenters. The van der Waals surface area contributed by atoms with Crippen molar-refractivity contribution in [2.75, 3.05) is 20.2 Å². The Morgan fingerprint density at radius 2 is 2.07 bits per heavy atom. The molecule has 1 amide bonds. The van der Waals surface area contributed by atoms with Gasteiger partial charge in [0.05, 0.1) is 13.7 Å². The average molecular weight is 375 g/mol. The van der Waals surface area contributed by atoms with E-state index < -0.39 is 11.2 Å². The molecule has 0 aromatic carbocycles. The number of ether oxygens (including phenoxy) is 2. The van der Waals surface area contributed by atoms with E-state index >= 15 is 0 Å². The lowest BCUT2D eigenvalue weighted by atomic mass is 10.1. The van der Waals surface area contributed by atoms with Crippen molar-refractivity contribution < 1.29 is 14.3 Å². The second-order valence-electron chi connectivity index (χ2n) is 6.15. The number of piperidine rings is 1. The molecule has 3 heterocycles. The molecule has 1 aliphatic rings. The Morgan fingerprint density at radius 3 is 2.81 bits per heavy atom. The summed E-state index contributed by atoms with van der Waals surface area (Å²) in [6, 6.07) is 1.25. The predicted octanol–water partition coefficient (Wildman–Crippen LogP) is -0.205. The van der Waals surface area contributed by atoms with Gasteiger partial charge in [-0.15, -0.1) is 0 Å². The van der Waals surface area contributed by atoms with Crippen molar-refractivity contribution in [2.45, 2.75) is 31.9 Å². The number of likely N-dealkylation sites (tertiary alicyclic amines) is 1. The van der Waals surface area contributed by atoms with Crippen LogP contribution < -0.4 is 20.7 Å². The van der Waals surface area contributed by atoms with Crippen LogP contribution in [0.5, 0.6) is 11.8 Å². The zero-order chi connectivity index (χ0) is 19.2. The van der Waals surface area contributed by atoms with Crippen LogP contribution in [0.4, 0.5) is 0 Å². The fraction of sp³-hybridized carbons (Fsp3) is 0.471. The standard InChI is InChI=1S/C17H21N5O5/c1-26-15-16(19-7-6-18-15)27-12-3-2-8-22(11-12)14(24)5-10-21-9-4-13(23)20-17(21)25/h4,6-7,9,12H,2-3,5,8,10-11H2,1H3,(H,20,23,25). The topological polar surface area (TPSA) is 119 Å². The van der Waals surface area contributed by atoms with Crippen molar-refractivity contribution >= 4 is 5.91 Å². The number of rotatable bonds is 6. The van der Waals surface area contributed by atoms with Crippen LogP contribution in [-0.4, -0.2) is 56.6 Å². The number of carbonyl (C=O) groups excluding carboxylic acids is 1. The van der Waals surface area contributed by atoms with Gasteiger partial charge in [0.25, 0.3) is 17.3 Å². The SMILES string of the molecule is COc1nccnc1OC1CCCN(C(=O)CCn2ccc(=O)[nH]c2=O)C1. The highest BCUT2D eigenvalue weighted by Crippen LogP contribution is 2.24. The molecule has 2 aromatic heterocycles. The third kappa shape index (κ3) is 4.72. The van der Waals surface area contributed by atoms with E-state index in [1.165, 1.54) is 36.3 Å². The molecule has 2 aromatic rings. The molecule has 144 valence electrons. The highest BCUT2D eigenvalue weighted by Gasteiger charge is 2.26. The van der Waals surface area contributed by atoms with Gasteiger partial charge in [-0.25, -0.2) is 14.8 Å². The molecule has 0 aliphatic carbocycles. The molecule has 0 spiro atoms. The third-order valence-corrected chi connectivity index (χ3v) is 4.30. The molecule has 10 nitrogen and oxygen atoms in total. The number of hydrogen-bond donors (Lipinski definition) is 1. The van der Waals surface area contributed by atoms with E-state index in [1.54, 1.807) is 4.90 Å². The Morgan fingerprint density at radius 1 is 1.30 bits per heavy atom. The van der Waals surface area contributed by atoms with E-state index in [4.69, 9.17) is 9.47 Å². The van der Waals surface area contributed by atoms with Crippen molar-refractivity contribution in [1.29, 1.82) is 0 Å². The van der Waals surface area contributed by atoms with Gasteiger partial charge in [-0.05, 0) is 12.8 Å². The van der Waals surface area contributed by atoms with E-state index in [0.717, 1.165) is 12.8 Å². The monoisotopic (exact) mass is 375 g/mol. The highest BCUT2D eigenvalue weighted by atomic mass is 16.5. The number of hydrogen-bond acceptors (Lipinski definition) is 7. The molecular formula is C17H21N5O5. The van der Waals surface area contributed by atoms with Crippen molar-refractivity contribution in [3.8, 4) is 11.8 Å². The van der Waals surface area contributed by atoms with Crippen molar-refractivity contribution in [1.82, 2.24) is 24.4 Å². The summed E-state index contributed by atoms with van der Waals surface area (Å²) in [7, 11) is 1.49. The molecule has 1 aliphatic heterocycles. The van der Waals surface area contributed by atoms with Crippen LogP contribution in [-0.2, 0) is 11.3 Å². The summed E-state index contributed by atoms with van der Waals surface area (Å²) < 4.78 is 12.3. The van der Waals surface area contributed by atoms with Gasteiger partial charge >= 0.3 is 5.69 Å². The number of nitrogens with zero attached hydrogens (tertiary/aromatic N) is 4. The maximum atomic E-state index is 12.5. The Labute approximate surface area is 154 Å². The van der Waals surface area contributed by atoms with Gasteiger partial charge in [0.1, 0.15) is 6.10 Å². The zero-order valence-electron chi connectivity index (χ0n) is 15.0. The number of nitrogens with one attached hydrogen (secondary N) is 1. The van der Waals surface area contributed by atoms with Gasteiger partial charge in [-0.2, -0.15) is 0 Å². The first kappa shape index (κ1) is 18.6. The van der Waals surface area contributed by atoms with Crippen LogP contribution in [0.3, 0.4) is 0 Å². The molecular weight excluding hydrogens is 354 g/mol. The molecule has 3 rings (SSSR count). The molecule has 1 atom stereocenters. The maximum absolute atomic E-state index is 12.5. The molecule has 1 N–H and O–H groups in total. The number of methoxy groups -OCH3 is 1. The summed E-state index contributed by atoms with van der Waals surface area (Å²) in [5.41, 5.74) is -0.983. The molecule has 0 bridgehead atoms. The highest BCUT2D eigenvalue weighted by molar-refractivity contribution is 5.76. The number of amides is 1. The maximum Gasteiger partial charge on any atom is 0.328 e. The number of aromatic amines is 1. The summed E-state index contributed by atoms with van der Waals surface area (Å²) in [6.07, 6.45) is 5.97. The lowest BCUT2D eigenvalue weighted by Gasteiger charge is -2.32. The van der Waals surface area contributed by atoms with Crippen molar-refractivity contribution in [3.05, 3.63) is 45.5 Å². The Kier molecular flexibility index (Phi) is 5.84. The number of aryl methyl sites for hydroxylation is 1. The summed E-state index contributed by atoms with van der Waals surface area (Å²) in [5, 5.41) is 0. The lowest BCUT2D eigenvalue weighted by Crippen LogP contribution is -2.45. The largest absolute Gasteiger partial charge is 0.477 e. The summed E-state index contributed by atoms with van der Waals surface area (Å²) in [6.45, 7) is 1.27. The average Bonchev–Trinajstić information content (AvgIpc) is 2.68. The number of H-pyrrole nitrogens is 1. The van der Waals surface area contributed by atoms with Crippen molar-refractivity contribution in [2.24, 2.45) is 0 Å². The van der Waals surface area contributed by atoms with Crippen LogP contribution in [0.25, 0.3) is 0 Å². The van der Waals surface area contributed by atoms with E-state index in [0.29, 0.717) is 24.8 Å². The van der Waals surface area contributed by atoms with Crippen molar-refractivity contribution in [3.63, 3.8) is 0 Å². The van der Waals surface area contributed by atoms with Gasteiger partial charge in [-0.1, -0.05) is 0 Å². The van der Waals surface area contributed by atoms with Crippen LogP contribution in [0.2, 0.25) is 0 Å². The summed E-state index contributed by atoms with van der Waals surface area (Å²) >= 11 is 0.